The fourth-order valence-corrected chi connectivity index (χ4v) is 8.37. The Balaban J connectivity index is 1.05. The fourth-order valence-electron chi connectivity index (χ4n) is 8.37. The van der Waals surface area contributed by atoms with Crippen molar-refractivity contribution in [1.82, 2.24) is 29.6 Å². The molecule has 4 aliphatic heterocycles. The summed E-state index contributed by atoms with van der Waals surface area (Å²) in [4.78, 5) is 10.7. The van der Waals surface area contributed by atoms with E-state index in [1.807, 2.05) is 0 Å². The number of hydrazine groups is 1. The molecule has 0 aromatic carbocycles. The summed E-state index contributed by atoms with van der Waals surface area (Å²) in [5.41, 5.74) is 1.18. The zero-order valence-electron chi connectivity index (χ0n) is 31.8. The van der Waals surface area contributed by atoms with E-state index < -0.39 is 0 Å². The van der Waals surface area contributed by atoms with Crippen molar-refractivity contribution in [3.8, 4) is 0 Å². The maximum atomic E-state index is 5.96. The molecule has 4 rings (SSSR count). The predicted molar refractivity (Wildman–Crippen MR) is 192 cm³/mol. The number of piperazine rings is 2. The average Bonchev–Trinajstić information content (AvgIpc) is 2.94. The van der Waals surface area contributed by atoms with Crippen LogP contribution in [0, 0.1) is 22.7 Å². The lowest BCUT2D eigenvalue weighted by molar-refractivity contribution is -0.0905. The van der Waals surface area contributed by atoms with Crippen molar-refractivity contribution < 1.29 is 4.74 Å². The number of hydrogen-bond acceptors (Lipinski definition) is 7. The molecule has 0 aliphatic carbocycles. The van der Waals surface area contributed by atoms with Crippen LogP contribution in [0.5, 0.6) is 0 Å². The molecule has 0 bridgehead atoms. The second-order valence-electron chi connectivity index (χ2n) is 18.8. The summed E-state index contributed by atoms with van der Waals surface area (Å²) in [7, 11) is 0. The molecule has 45 heavy (non-hydrogen) atoms. The van der Waals surface area contributed by atoms with Gasteiger partial charge in [-0.3, -0.25) is 9.80 Å². The predicted octanol–water partition coefficient (Wildman–Crippen LogP) is 6.01. The van der Waals surface area contributed by atoms with Gasteiger partial charge >= 0.3 is 0 Å². The average molecular weight is 633 g/mol. The second-order valence-corrected chi connectivity index (χ2v) is 18.8. The lowest BCUT2D eigenvalue weighted by Gasteiger charge is -2.47. The van der Waals surface area contributed by atoms with E-state index in [-0.39, 0.29) is 5.60 Å². The van der Waals surface area contributed by atoms with E-state index in [1.165, 1.54) is 130 Å². The van der Waals surface area contributed by atoms with Crippen molar-refractivity contribution in [1.29, 1.82) is 0 Å². The van der Waals surface area contributed by atoms with Crippen LogP contribution in [0.4, 0.5) is 0 Å². The van der Waals surface area contributed by atoms with Gasteiger partial charge < -0.3 is 14.5 Å². The first-order chi connectivity index (χ1) is 21.0. The highest BCUT2D eigenvalue weighted by molar-refractivity contribution is 4.88. The molecule has 4 saturated heterocycles. The first kappa shape index (κ1) is 37.5. The maximum absolute atomic E-state index is 5.96. The quantitative estimate of drug-likeness (QED) is 0.232. The second kappa shape index (κ2) is 16.0. The van der Waals surface area contributed by atoms with Gasteiger partial charge in [-0.1, -0.05) is 27.7 Å². The third kappa shape index (κ3) is 12.3. The summed E-state index contributed by atoms with van der Waals surface area (Å²) in [6.45, 7) is 43.1. The van der Waals surface area contributed by atoms with Crippen molar-refractivity contribution in [3.63, 3.8) is 0 Å². The molecule has 4 aliphatic rings. The topological polar surface area (TPSA) is 28.7 Å². The van der Waals surface area contributed by atoms with Gasteiger partial charge in [0.15, 0.2) is 0 Å². The van der Waals surface area contributed by atoms with Gasteiger partial charge in [0.05, 0.1) is 12.2 Å². The van der Waals surface area contributed by atoms with E-state index in [0.29, 0.717) is 16.4 Å². The molecular weight excluding hydrogens is 556 g/mol. The summed E-state index contributed by atoms with van der Waals surface area (Å²) in [5.74, 6) is 1.75. The summed E-state index contributed by atoms with van der Waals surface area (Å²) in [5, 5.41) is 5.34. The van der Waals surface area contributed by atoms with Crippen LogP contribution in [0.1, 0.15) is 108 Å². The molecule has 0 saturated carbocycles. The van der Waals surface area contributed by atoms with Gasteiger partial charge in [-0.25, -0.2) is 10.0 Å². The maximum Gasteiger partial charge on any atom is 0.0600 e. The number of rotatable bonds is 14. The Kier molecular flexibility index (Phi) is 13.3. The Hall–Kier alpha value is -0.280. The zero-order valence-corrected chi connectivity index (χ0v) is 31.8. The minimum absolute atomic E-state index is 0.0309. The zero-order chi connectivity index (χ0) is 32.9. The molecule has 0 atom stereocenters. The summed E-state index contributed by atoms with van der Waals surface area (Å²) in [6, 6.07) is 0. The Morgan fingerprint density at radius 1 is 0.578 bits per heavy atom. The summed E-state index contributed by atoms with van der Waals surface area (Å²) in [6.07, 6.45) is 8.18. The Labute approximate surface area is 280 Å². The smallest absolute Gasteiger partial charge is 0.0600 e. The molecule has 0 amide bonds. The first-order valence-electron chi connectivity index (χ1n) is 19.1. The molecule has 4 heterocycles. The lowest BCUT2D eigenvalue weighted by Crippen LogP contribution is -2.57. The van der Waals surface area contributed by atoms with Gasteiger partial charge in [0.1, 0.15) is 0 Å². The Morgan fingerprint density at radius 2 is 1.16 bits per heavy atom. The molecule has 0 aromatic heterocycles. The highest BCUT2D eigenvalue weighted by atomic mass is 16.5. The SMILES string of the molecule is CC(C)(CCCN1CC(CN2CCN(C(C)(C)C)CC2)C1)CCC(C)(C)C1CCN(N2CCN(CCOC(C)(C)C)CC2)CC1. The molecule has 0 N–H and O–H groups in total. The Morgan fingerprint density at radius 3 is 1.73 bits per heavy atom. The van der Waals surface area contributed by atoms with Crippen LogP contribution in [-0.4, -0.2) is 146 Å². The van der Waals surface area contributed by atoms with Crippen LogP contribution in [0.25, 0.3) is 0 Å². The van der Waals surface area contributed by atoms with Crippen LogP contribution in [-0.2, 0) is 4.74 Å². The largest absolute Gasteiger partial charge is 0.375 e. The van der Waals surface area contributed by atoms with Gasteiger partial charge in [-0.05, 0) is 109 Å². The molecule has 264 valence electrons. The highest BCUT2D eigenvalue weighted by Gasteiger charge is 2.36. The van der Waals surface area contributed by atoms with Crippen LogP contribution in [0.2, 0.25) is 0 Å². The normalized spacial score (nSPS) is 24.4. The number of hydrogen-bond donors (Lipinski definition) is 0. The molecule has 0 spiro atoms. The van der Waals surface area contributed by atoms with Crippen molar-refractivity contribution in [2.75, 3.05) is 105 Å². The van der Waals surface area contributed by atoms with E-state index in [2.05, 4.69) is 98.9 Å². The number of likely N-dealkylation sites (tertiary alicyclic amines) is 1. The fraction of sp³-hybridized carbons (Fsp3) is 1.00. The van der Waals surface area contributed by atoms with Crippen molar-refractivity contribution in [3.05, 3.63) is 0 Å². The molecule has 4 fully saturated rings. The van der Waals surface area contributed by atoms with Gasteiger partial charge in [-0.15, -0.1) is 0 Å². The standard InChI is InChI=1S/C38H76N6O/c1-35(2,3)42-24-20-40(21-25-42)30-33-31-41(32-33)17-11-14-37(7,8)15-16-38(9,10)34-12-18-43(19-13-34)44-26-22-39(23-27-44)28-29-45-36(4,5)6/h33-34H,11-32H2,1-10H3. The minimum Gasteiger partial charge on any atom is -0.375 e. The Bertz CT molecular complexity index is 848. The van der Waals surface area contributed by atoms with Gasteiger partial charge in [-0.2, -0.15) is 0 Å². The van der Waals surface area contributed by atoms with E-state index in [9.17, 15) is 0 Å². The van der Waals surface area contributed by atoms with Crippen molar-refractivity contribution in [2.24, 2.45) is 22.7 Å². The van der Waals surface area contributed by atoms with Gasteiger partial charge in [0.2, 0.25) is 0 Å². The molecule has 0 unspecified atom stereocenters. The van der Waals surface area contributed by atoms with E-state index in [1.54, 1.807) is 0 Å². The summed E-state index contributed by atoms with van der Waals surface area (Å²) >= 11 is 0. The minimum atomic E-state index is -0.0309. The first-order valence-corrected chi connectivity index (χ1v) is 19.1. The third-order valence-corrected chi connectivity index (χ3v) is 11.9. The summed E-state index contributed by atoms with van der Waals surface area (Å²) < 4.78 is 5.96. The van der Waals surface area contributed by atoms with Crippen LogP contribution in [0.15, 0.2) is 0 Å². The number of ether oxygens (including phenoxy) is 1. The van der Waals surface area contributed by atoms with Crippen LogP contribution in [0.3, 0.4) is 0 Å². The number of piperidine rings is 1. The molecular formula is C38H76N6O. The van der Waals surface area contributed by atoms with E-state index >= 15 is 0 Å². The van der Waals surface area contributed by atoms with E-state index in [4.69, 9.17) is 4.74 Å². The molecule has 7 heteroatoms. The highest BCUT2D eigenvalue weighted by Crippen LogP contribution is 2.42. The van der Waals surface area contributed by atoms with Crippen molar-refractivity contribution >= 4 is 0 Å². The number of nitrogens with zero attached hydrogens (tertiary/aromatic N) is 6. The van der Waals surface area contributed by atoms with Crippen LogP contribution < -0.4 is 0 Å². The monoisotopic (exact) mass is 633 g/mol. The molecule has 0 radical (unpaired) electrons. The molecule has 7 nitrogen and oxygen atoms in total. The van der Waals surface area contributed by atoms with Crippen molar-refractivity contribution in [2.45, 2.75) is 119 Å². The van der Waals surface area contributed by atoms with Gasteiger partial charge in [0, 0.05) is 97.2 Å². The van der Waals surface area contributed by atoms with E-state index in [0.717, 1.165) is 25.0 Å². The molecule has 0 aromatic rings. The van der Waals surface area contributed by atoms with Crippen LogP contribution >= 0.6 is 0 Å². The lowest BCUT2D eigenvalue weighted by atomic mass is 9.68. The third-order valence-electron chi connectivity index (χ3n) is 11.9. The van der Waals surface area contributed by atoms with Gasteiger partial charge in [0.25, 0.3) is 0 Å².